The molecule has 3 N–H and O–H groups in total. The van der Waals surface area contributed by atoms with Gasteiger partial charge in [0.1, 0.15) is 11.9 Å². The van der Waals surface area contributed by atoms with Crippen molar-refractivity contribution in [1.29, 1.82) is 5.26 Å². The Bertz CT molecular complexity index is 469. The summed E-state index contributed by atoms with van der Waals surface area (Å²) in [5.74, 6) is 0.595. The van der Waals surface area contributed by atoms with Gasteiger partial charge in [-0.3, -0.25) is 0 Å². The van der Waals surface area contributed by atoms with Crippen LogP contribution in [-0.4, -0.2) is 29.3 Å². The monoisotopic (exact) mass is 246 g/mol. The topological polar surface area (TPSA) is 86.2 Å². The number of aliphatic hydroxyl groups excluding tert-OH is 1. The fourth-order valence-corrected chi connectivity index (χ4v) is 2.54. The maximum atomic E-state index is 10.0. The summed E-state index contributed by atoms with van der Waals surface area (Å²) in [4.78, 5) is 6.13. The van der Waals surface area contributed by atoms with Crippen LogP contribution in [0.1, 0.15) is 31.2 Å². The van der Waals surface area contributed by atoms with E-state index in [9.17, 15) is 5.11 Å². The van der Waals surface area contributed by atoms with Gasteiger partial charge in [-0.1, -0.05) is 12.8 Å². The highest BCUT2D eigenvalue weighted by atomic mass is 16.3. The van der Waals surface area contributed by atoms with E-state index in [4.69, 9.17) is 11.0 Å². The van der Waals surface area contributed by atoms with Crippen molar-refractivity contribution in [3.05, 3.63) is 17.8 Å². The maximum absolute atomic E-state index is 10.0. The lowest BCUT2D eigenvalue weighted by molar-refractivity contribution is 0.106. The Kier molecular flexibility index (Phi) is 3.68. The number of nitrogens with zero attached hydrogens (tertiary/aromatic N) is 3. The molecule has 2 unspecified atom stereocenters. The first-order chi connectivity index (χ1) is 8.63. The van der Waals surface area contributed by atoms with Gasteiger partial charge in [0.15, 0.2) is 0 Å². The van der Waals surface area contributed by atoms with Crippen LogP contribution in [0, 0.1) is 11.3 Å². The van der Waals surface area contributed by atoms with Crippen molar-refractivity contribution in [2.75, 3.05) is 17.7 Å². The summed E-state index contributed by atoms with van der Waals surface area (Å²) >= 11 is 0. The van der Waals surface area contributed by atoms with Crippen LogP contribution in [0.15, 0.2) is 12.3 Å². The number of likely N-dealkylation sites (N-methyl/N-ethyl adjacent to an activating group) is 1. The van der Waals surface area contributed by atoms with E-state index in [1.54, 1.807) is 12.3 Å². The first-order valence-electron chi connectivity index (χ1n) is 6.20. The molecular formula is C13H18N4O. The molecule has 0 radical (unpaired) electrons. The fraction of sp³-hybridized carbons (Fsp3) is 0.538. The van der Waals surface area contributed by atoms with Crippen molar-refractivity contribution < 1.29 is 5.11 Å². The number of nitriles is 1. The smallest absolute Gasteiger partial charge is 0.146 e. The summed E-state index contributed by atoms with van der Waals surface area (Å²) in [6.07, 6.45) is 5.09. The molecule has 1 fully saturated rings. The van der Waals surface area contributed by atoms with Gasteiger partial charge < -0.3 is 15.7 Å². The molecule has 96 valence electrons. The van der Waals surface area contributed by atoms with Crippen molar-refractivity contribution in [3.63, 3.8) is 0 Å². The van der Waals surface area contributed by atoms with E-state index in [-0.39, 0.29) is 12.1 Å². The van der Waals surface area contributed by atoms with Crippen LogP contribution >= 0.6 is 0 Å². The van der Waals surface area contributed by atoms with Crippen molar-refractivity contribution >= 4 is 11.5 Å². The fourth-order valence-electron chi connectivity index (χ4n) is 2.54. The van der Waals surface area contributed by atoms with Gasteiger partial charge >= 0.3 is 0 Å². The number of aromatic nitrogens is 1. The zero-order valence-corrected chi connectivity index (χ0v) is 10.5. The zero-order chi connectivity index (χ0) is 13.1. The molecule has 0 saturated heterocycles. The SMILES string of the molecule is CN(c1ncc(N)cc1C#N)C1CCCCC1O. The van der Waals surface area contributed by atoms with Gasteiger partial charge in [0.05, 0.1) is 29.6 Å². The molecule has 1 aromatic rings. The summed E-state index contributed by atoms with van der Waals surface area (Å²) in [7, 11) is 1.87. The average Bonchev–Trinajstić information content (AvgIpc) is 2.38. The molecule has 18 heavy (non-hydrogen) atoms. The normalized spacial score (nSPS) is 23.4. The lowest BCUT2D eigenvalue weighted by atomic mass is 9.91. The Morgan fingerprint density at radius 3 is 2.89 bits per heavy atom. The third-order valence-electron chi connectivity index (χ3n) is 3.53. The van der Waals surface area contributed by atoms with E-state index in [0.29, 0.717) is 17.1 Å². The van der Waals surface area contributed by atoms with E-state index in [2.05, 4.69) is 11.1 Å². The van der Waals surface area contributed by atoms with Crippen LogP contribution < -0.4 is 10.6 Å². The second kappa shape index (κ2) is 5.23. The first-order valence-corrected chi connectivity index (χ1v) is 6.20. The molecule has 5 heteroatoms. The number of aliphatic hydroxyl groups is 1. The van der Waals surface area contributed by atoms with Gasteiger partial charge in [-0.15, -0.1) is 0 Å². The molecule has 0 spiro atoms. The second-order valence-corrected chi connectivity index (χ2v) is 4.78. The molecule has 1 saturated carbocycles. The molecular weight excluding hydrogens is 228 g/mol. The summed E-state index contributed by atoms with van der Waals surface area (Å²) in [6.45, 7) is 0. The van der Waals surface area contributed by atoms with Gasteiger partial charge in [-0.2, -0.15) is 5.26 Å². The Hall–Kier alpha value is -1.80. The summed E-state index contributed by atoms with van der Waals surface area (Å²) < 4.78 is 0. The van der Waals surface area contributed by atoms with Crippen LogP contribution in [-0.2, 0) is 0 Å². The molecule has 1 heterocycles. The number of hydrogen-bond acceptors (Lipinski definition) is 5. The number of pyridine rings is 1. The van der Waals surface area contributed by atoms with E-state index in [1.165, 1.54) is 0 Å². The van der Waals surface area contributed by atoms with Gasteiger partial charge in [0, 0.05) is 7.05 Å². The predicted octanol–water partition coefficient (Wildman–Crippen LogP) is 1.28. The van der Waals surface area contributed by atoms with Gasteiger partial charge in [0.25, 0.3) is 0 Å². The van der Waals surface area contributed by atoms with Gasteiger partial charge in [-0.05, 0) is 18.9 Å². The van der Waals surface area contributed by atoms with Crippen LogP contribution in [0.25, 0.3) is 0 Å². The summed E-state index contributed by atoms with van der Waals surface area (Å²) in [5.41, 5.74) is 6.56. The number of hydrogen-bond donors (Lipinski definition) is 2. The number of nitrogen functional groups attached to an aromatic ring is 1. The summed E-state index contributed by atoms with van der Waals surface area (Å²) in [6, 6.07) is 3.75. The quantitative estimate of drug-likeness (QED) is 0.820. The molecule has 5 nitrogen and oxygen atoms in total. The minimum absolute atomic E-state index is 0.0296. The number of anilines is 2. The highest BCUT2D eigenvalue weighted by molar-refractivity contribution is 5.59. The van der Waals surface area contributed by atoms with Gasteiger partial charge in [0.2, 0.25) is 0 Å². The molecule has 0 aliphatic heterocycles. The average molecular weight is 246 g/mol. The highest BCUT2D eigenvalue weighted by Crippen LogP contribution is 2.27. The molecule has 0 amide bonds. The van der Waals surface area contributed by atoms with Crippen molar-refractivity contribution in [2.45, 2.75) is 37.8 Å². The van der Waals surface area contributed by atoms with Crippen molar-refractivity contribution in [1.82, 2.24) is 4.98 Å². The Balaban J connectivity index is 2.28. The van der Waals surface area contributed by atoms with E-state index < -0.39 is 0 Å². The van der Waals surface area contributed by atoms with Crippen LogP contribution in [0.3, 0.4) is 0 Å². The Labute approximate surface area is 107 Å². The van der Waals surface area contributed by atoms with Crippen LogP contribution in [0.5, 0.6) is 0 Å². The third kappa shape index (κ3) is 2.39. The molecule has 1 aliphatic rings. The molecule has 1 aliphatic carbocycles. The lowest BCUT2D eigenvalue weighted by Crippen LogP contribution is -2.44. The standard InChI is InChI=1S/C13H18N4O/c1-17(11-4-2-3-5-12(11)18)13-9(7-14)6-10(15)8-16-13/h6,8,11-12,18H,2-5,15H2,1H3. The Morgan fingerprint density at radius 1 is 1.50 bits per heavy atom. The lowest BCUT2D eigenvalue weighted by Gasteiger charge is -2.36. The first kappa shape index (κ1) is 12.7. The Morgan fingerprint density at radius 2 is 2.22 bits per heavy atom. The number of rotatable bonds is 2. The number of nitrogens with two attached hydrogens (primary N) is 1. The van der Waals surface area contributed by atoms with E-state index in [1.807, 2.05) is 11.9 Å². The molecule has 2 rings (SSSR count). The van der Waals surface area contributed by atoms with Gasteiger partial charge in [-0.25, -0.2) is 4.98 Å². The third-order valence-corrected chi connectivity index (χ3v) is 3.53. The largest absolute Gasteiger partial charge is 0.397 e. The second-order valence-electron chi connectivity index (χ2n) is 4.78. The van der Waals surface area contributed by atoms with E-state index >= 15 is 0 Å². The van der Waals surface area contributed by atoms with Crippen molar-refractivity contribution in [2.24, 2.45) is 0 Å². The van der Waals surface area contributed by atoms with E-state index in [0.717, 1.165) is 25.7 Å². The molecule has 1 aromatic heterocycles. The minimum atomic E-state index is -0.352. The van der Waals surface area contributed by atoms with Crippen molar-refractivity contribution in [3.8, 4) is 6.07 Å². The zero-order valence-electron chi connectivity index (χ0n) is 10.5. The molecule has 0 aromatic carbocycles. The van der Waals surface area contributed by atoms with Crippen LogP contribution in [0.4, 0.5) is 11.5 Å². The minimum Gasteiger partial charge on any atom is -0.397 e. The highest BCUT2D eigenvalue weighted by Gasteiger charge is 2.28. The van der Waals surface area contributed by atoms with Crippen LogP contribution in [0.2, 0.25) is 0 Å². The maximum Gasteiger partial charge on any atom is 0.146 e. The summed E-state index contributed by atoms with van der Waals surface area (Å²) in [5, 5.41) is 19.2. The molecule has 0 bridgehead atoms. The predicted molar refractivity (Wildman–Crippen MR) is 70.0 cm³/mol. The molecule has 2 atom stereocenters.